The molecule has 7 heteroatoms. The number of aromatic hydroxyl groups is 1. The molecular weight excluding hydrogens is 371 g/mol. The summed E-state index contributed by atoms with van der Waals surface area (Å²) in [7, 11) is 0. The molecule has 0 unspecified atom stereocenters. The molecule has 2 aromatic rings. The molecule has 0 saturated heterocycles. The van der Waals surface area contributed by atoms with Gasteiger partial charge in [0, 0.05) is 17.2 Å². The highest BCUT2D eigenvalue weighted by molar-refractivity contribution is 5.71. The fourth-order valence-electron chi connectivity index (χ4n) is 3.05. The topological polar surface area (TPSA) is 63.4 Å². The van der Waals surface area contributed by atoms with Gasteiger partial charge >= 0.3 is 6.18 Å². The first-order chi connectivity index (χ1) is 12.5. The molecule has 0 radical (unpaired) electrons. The van der Waals surface area contributed by atoms with E-state index in [-0.39, 0.29) is 11.3 Å². The van der Waals surface area contributed by atoms with Crippen molar-refractivity contribution in [3.63, 3.8) is 0 Å². The minimum atomic E-state index is -4.85. The average molecular weight is 395 g/mol. The van der Waals surface area contributed by atoms with Crippen molar-refractivity contribution in [2.45, 2.75) is 58.5 Å². The second-order valence-corrected chi connectivity index (χ2v) is 8.91. The Morgan fingerprint density at radius 3 is 1.61 bits per heavy atom. The van der Waals surface area contributed by atoms with Crippen LogP contribution in [0.4, 0.5) is 18.9 Å². The van der Waals surface area contributed by atoms with E-state index in [1.54, 1.807) is 12.1 Å². The Hall–Kier alpha value is -2.57. The normalized spacial score (nSPS) is 12.9. The monoisotopic (exact) mass is 395 g/mol. The van der Waals surface area contributed by atoms with Crippen LogP contribution < -0.4 is 0 Å². The molecule has 0 aliphatic carbocycles. The van der Waals surface area contributed by atoms with Crippen molar-refractivity contribution in [3.05, 3.63) is 57.1 Å². The lowest BCUT2D eigenvalue weighted by Gasteiger charge is -2.28. The molecule has 2 aromatic carbocycles. The lowest BCUT2D eigenvalue weighted by atomic mass is 9.77. The number of rotatable bonds is 2. The fraction of sp³-hybridized carbons (Fsp3) is 0.429. The average Bonchev–Trinajstić information content (AvgIpc) is 2.51. The van der Waals surface area contributed by atoms with Crippen LogP contribution >= 0.6 is 0 Å². The van der Waals surface area contributed by atoms with Gasteiger partial charge in [-0.1, -0.05) is 41.5 Å². The maximum absolute atomic E-state index is 13.4. The molecule has 0 amide bonds. The number of nitro groups is 1. The highest BCUT2D eigenvalue weighted by atomic mass is 19.4. The number of nitro benzene ring substituents is 1. The van der Waals surface area contributed by atoms with Crippen molar-refractivity contribution < 1.29 is 23.2 Å². The van der Waals surface area contributed by atoms with Crippen LogP contribution in [-0.4, -0.2) is 10.0 Å². The van der Waals surface area contributed by atoms with E-state index in [1.165, 1.54) is 6.07 Å². The summed E-state index contributed by atoms with van der Waals surface area (Å²) in [6.45, 7) is 11.4. The number of benzene rings is 2. The van der Waals surface area contributed by atoms with Crippen molar-refractivity contribution in [3.8, 4) is 16.9 Å². The van der Waals surface area contributed by atoms with E-state index < -0.39 is 33.2 Å². The van der Waals surface area contributed by atoms with E-state index in [0.717, 1.165) is 12.1 Å². The molecule has 0 spiro atoms. The van der Waals surface area contributed by atoms with Crippen molar-refractivity contribution >= 4 is 5.69 Å². The number of hydrogen-bond acceptors (Lipinski definition) is 3. The summed E-state index contributed by atoms with van der Waals surface area (Å²) < 4.78 is 40.1. The van der Waals surface area contributed by atoms with Crippen LogP contribution in [0.5, 0.6) is 5.75 Å². The van der Waals surface area contributed by atoms with Gasteiger partial charge in [0.05, 0.1) is 4.92 Å². The van der Waals surface area contributed by atoms with Crippen molar-refractivity contribution in [1.82, 2.24) is 0 Å². The molecule has 0 aliphatic rings. The smallest absolute Gasteiger partial charge is 0.423 e. The van der Waals surface area contributed by atoms with Crippen LogP contribution in [0.2, 0.25) is 0 Å². The summed E-state index contributed by atoms with van der Waals surface area (Å²) >= 11 is 0. The van der Waals surface area contributed by atoms with Crippen molar-refractivity contribution in [1.29, 1.82) is 0 Å². The van der Waals surface area contributed by atoms with E-state index >= 15 is 0 Å². The van der Waals surface area contributed by atoms with Crippen molar-refractivity contribution in [2.24, 2.45) is 0 Å². The maximum Gasteiger partial charge on any atom is 0.423 e. The Bertz CT molecular complexity index is 885. The molecular formula is C21H24F3NO3. The molecule has 0 bridgehead atoms. The molecule has 0 heterocycles. The minimum Gasteiger partial charge on any atom is -0.507 e. The molecule has 28 heavy (non-hydrogen) atoms. The molecule has 2 rings (SSSR count). The van der Waals surface area contributed by atoms with E-state index in [1.807, 2.05) is 41.5 Å². The van der Waals surface area contributed by atoms with Crippen LogP contribution in [0, 0.1) is 10.1 Å². The van der Waals surface area contributed by atoms with E-state index in [0.29, 0.717) is 16.7 Å². The van der Waals surface area contributed by atoms with Crippen LogP contribution in [-0.2, 0) is 17.0 Å². The van der Waals surface area contributed by atoms with Gasteiger partial charge in [0.1, 0.15) is 11.3 Å². The molecule has 152 valence electrons. The van der Waals surface area contributed by atoms with Gasteiger partial charge in [0.2, 0.25) is 0 Å². The zero-order valence-electron chi connectivity index (χ0n) is 16.7. The molecule has 0 atom stereocenters. The minimum absolute atomic E-state index is 0.113. The standard InChI is InChI=1S/C21H24F3NO3/c1-19(2,3)15-10-13(11-16(18(15)26)20(4,5)6)12-7-8-17(25(27)28)14(9-12)21(22,23)24/h7-11,26H,1-6H3. The van der Waals surface area contributed by atoms with Gasteiger partial charge < -0.3 is 5.11 Å². The van der Waals surface area contributed by atoms with Crippen molar-refractivity contribution in [2.75, 3.05) is 0 Å². The third-order valence-corrected chi connectivity index (χ3v) is 4.56. The number of alkyl halides is 3. The molecule has 0 fully saturated rings. The summed E-state index contributed by atoms with van der Waals surface area (Å²) in [5.41, 5.74) is -1.31. The summed E-state index contributed by atoms with van der Waals surface area (Å²) in [6, 6.07) is 6.26. The summed E-state index contributed by atoms with van der Waals surface area (Å²) in [6.07, 6.45) is -4.85. The largest absolute Gasteiger partial charge is 0.507 e. The predicted molar refractivity (Wildman–Crippen MR) is 103 cm³/mol. The first kappa shape index (κ1) is 21.7. The third kappa shape index (κ3) is 4.29. The summed E-state index contributed by atoms with van der Waals surface area (Å²) in [4.78, 5) is 9.97. The molecule has 0 aliphatic heterocycles. The number of halogens is 3. The van der Waals surface area contributed by atoms with E-state index in [9.17, 15) is 28.4 Å². The highest BCUT2D eigenvalue weighted by Crippen LogP contribution is 2.44. The SMILES string of the molecule is CC(C)(C)c1cc(-c2ccc([N+](=O)[O-])c(C(F)(F)F)c2)cc(C(C)(C)C)c1O. The second kappa shape index (κ2) is 6.79. The lowest BCUT2D eigenvalue weighted by Crippen LogP contribution is -2.17. The van der Waals surface area contributed by atoms with Crippen LogP contribution in [0.3, 0.4) is 0 Å². The Morgan fingerprint density at radius 1 is 0.821 bits per heavy atom. The zero-order chi connectivity index (χ0) is 21.7. The Morgan fingerprint density at radius 2 is 1.25 bits per heavy atom. The van der Waals surface area contributed by atoms with Gasteiger partial charge in [0.15, 0.2) is 0 Å². The summed E-state index contributed by atoms with van der Waals surface area (Å²) in [5.74, 6) is 0.113. The number of hydrogen-bond donors (Lipinski definition) is 1. The molecule has 0 aromatic heterocycles. The number of nitrogens with zero attached hydrogens (tertiary/aromatic N) is 1. The van der Waals surface area contributed by atoms with Gasteiger partial charge in [0.25, 0.3) is 5.69 Å². The predicted octanol–water partition coefficient (Wildman–Crippen LogP) is 6.58. The van der Waals surface area contributed by atoms with Gasteiger partial charge in [-0.2, -0.15) is 13.2 Å². The number of phenolic OH excluding ortho intramolecular Hbond substituents is 1. The first-order valence-corrected chi connectivity index (χ1v) is 8.77. The molecule has 0 saturated carbocycles. The van der Waals surface area contributed by atoms with Crippen LogP contribution in [0.15, 0.2) is 30.3 Å². The Kier molecular flexibility index (Phi) is 5.27. The Labute approximate surface area is 162 Å². The van der Waals surface area contributed by atoms with E-state index in [2.05, 4.69) is 0 Å². The van der Waals surface area contributed by atoms with Crippen LogP contribution in [0.1, 0.15) is 58.2 Å². The quantitative estimate of drug-likeness (QED) is 0.461. The Balaban J connectivity index is 2.83. The van der Waals surface area contributed by atoms with Crippen LogP contribution in [0.25, 0.3) is 11.1 Å². The second-order valence-electron chi connectivity index (χ2n) is 8.91. The number of phenols is 1. The summed E-state index contributed by atoms with van der Waals surface area (Å²) in [5, 5.41) is 21.8. The zero-order valence-corrected chi connectivity index (χ0v) is 16.7. The maximum atomic E-state index is 13.4. The van der Waals surface area contributed by atoms with Gasteiger partial charge in [-0.25, -0.2) is 0 Å². The van der Waals surface area contributed by atoms with Gasteiger partial charge in [-0.05, 0) is 46.2 Å². The van der Waals surface area contributed by atoms with Gasteiger partial charge in [-0.15, -0.1) is 0 Å². The highest BCUT2D eigenvalue weighted by Gasteiger charge is 2.38. The van der Waals surface area contributed by atoms with E-state index in [4.69, 9.17) is 0 Å². The third-order valence-electron chi connectivity index (χ3n) is 4.56. The fourth-order valence-corrected chi connectivity index (χ4v) is 3.05. The van der Waals surface area contributed by atoms with Gasteiger partial charge in [-0.3, -0.25) is 10.1 Å². The first-order valence-electron chi connectivity index (χ1n) is 8.77. The lowest BCUT2D eigenvalue weighted by molar-refractivity contribution is -0.388. The molecule has 1 N–H and O–H groups in total. The molecule has 4 nitrogen and oxygen atoms in total.